The van der Waals surface area contributed by atoms with E-state index in [0.717, 1.165) is 11.1 Å². The molecular formula is C26H26N4O5. The zero-order valence-electron chi connectivity index (χ0n) is 19.6. The summed E-state index contributed by atoms with van der Waals surface area (Å²) in [5.41, 5.74) is 5.91. The van der Waals surface area contributed by atoms with Crippen LogP contribution in [0, 0.1) is 13.8 Å². The average molecular weight is 475 g/mol. The summed E-state index contributed by atoms with van der Waals surface area (Å²) in [5, 5.41) is 9.09. The number of hydrogen-bond donors (Lipinski definition) is 3. The summed E-state index contributed by atoms with van der Waals surface area (Å²) in [7, 11) is 1.53. The predicted octanol–water partition coefficient (Wildman–Crippen LogP) is 3.42. The smallest absolute Gasteiger partial charge is 0.329 e. The minimum Gasteiger partial charge on any atom is -0.497 e. The number of benzene rings is 3. The van der Waals surface area contributed by atoms with Gasteiger partial charge in [-0.05, 0) is 73.5 Å². The SMILES string of the molecule is COc1ccc(NC(=O)C(=O)N/N=C\c2ccccc2OCC(=O)Nc2cc(C)cc(C)c2)cc1. The van der Waals surface area contributed by atoms with Crippen molar-refractivity contribution in [3.63, 3.8) is 0 Å². The predicted molar refractivity (Wildman–Crippen MR) is 134 cm³/mol. The maximum atomic E-state index is 12.3. The number of rotatable bonds is 8. The first kappa shape index (κ1) is 25.0. The van der Waals surface area contributed by atoms with E-state index in [4.69, 9.17) is 9.47 Å². The number of hydrazone groups is 1. The van der Waals surface area contributed by atoms with Crippen LogP contribution in [-0.4, -0.2) is 37.7 Å². The van der Waals surface area contributed by atoms with Gasteiger partial charge in [-0.1, -0.05) is 18.2 Å². The molecule has 3 N–H and O–H groups in total. The third kappa shape index (κ3) is 7.71. The van der Waals surface area contributed by atoms with E-state index >= 15 is 0 Å². The molecular weight excluding hydrogens is 448 g/mol. The molecule has 0 heterocycles. The molecule has 0 aliphatic rings. The lowest BCUT2D eigenvalue weighted by Gasteiger charge is -2.10. The number of carbonyl (C=O) groups is 3. The Hall–Kier alpha value is -4.66. The van der Waals surface area contributed by atoms with E-state index in [-0.39, 0.29) is 12.5 Å². The van der Waals surface area contributed by atoms with Crippen molar-refractivity contribution in [2.45, 2.75) is 13.8 Å². The maximum absolute atomic E-state index is 12.3. The van der Waals surface area contributed by atoms with Gasteiger partial charge in [0.25, 0.3) is 5.91 Å². The summed E-state index contributed by atoms with van der Waals surface area (Å²) < 4.78 is 10.7. The van der Waals surface area contributed by atoms with Crippen LogP contribution < -0.4 is 25.5 Å². The highest BCUT2D eigenvalue weighted by Crippen LogP contribution is 2.17. The Kier molecular flexibility index (Phi) is 8.55. The molecule has 0 fully saturated rings. The third-order valence-corrected chi connectivity index (χ3v) is 4.71. The number of para-hydroxylation sites is 1. The van der Waals surface area contributed by atoms with Gasteiger partial charge in [0.1, 0.15) is 11.5 Å². The molecule has 0 atom stereocenters. The summed E-state index contributed by atoms with van der Waals surface area (Å²) >= 11 is 0. The normalized spacial score (nSPS) is 10.5. The molecule has 3 rings (SSSR count). The molecule has 0 unspecified atom stereocenters. The molecule has 0 saturated carbocycles. The van der Waals surface area contributed by atoms with Gasteiger partial charge >= 0.3 is 11.8 Å². The molecule has 0 spiro atoms. The van der Waals surface area contributed by atoms with Crippen molar-refractivity contribution in [1.82, 2.24) is 5.43 Å². The van der Waals surface area contributed by atoms with E-state index in [1.807, 2.05) is 32.0 Å². The average Bonchev–Trinajstić information content (AvgIpc) is 2.83. The van der Waals surface area contributed by atoms with Crippen LogP contribution in [0.15, 0.2) is 71.8 Å². The monoisotopic (exact) mass is 474 g/mol. The first-order valence-corrected chi connectivity index (χ1v) is 10.7. The Labute approximate surface area is 203 Å². The number of nitrogens with one attached hydrogen (secondary N) is 3. The molecule has 0 aliphatic carbocycles. The van der Waals surface area contributed by atoms with Crippen LogP contribution in [0.3, 0.4) is 0 Å². The second-order valence-electron chi connectivity index (χ2n) is 7.63. The van der Waals surface area contributed by atoms with Gasteiger partial charge in [0.05, 0.1) is 13.3 Å². The zero-order chi connectivity index (χ0) is 25.2. The van der Waals surface area contributed by atoms with E-state index in [1.54, 1.807) is 48.5 Å². The van der Waals surface area contributed by atoms with Crippen LogP contribution in [0.2, 0.25) is 0 Å². The van der Waals surface area contributed by atoms with E-state index in [2.05, 4.69) is 21.2 Å². The van der Waals surface area contributed by atoms with Crippen molar-refractivity contribution in [3.05, 3.63) is 83.4 Å². The topological polar surface area (TPSA) is 118 Å². The van der Waals surface area contributed by atoms with Gasteiger partial charge in [0, 0.05) is 16.9 Å². The van der Waals surface area contributed by atoms with Crippen molar-refractivity contribution >= 4 is 35.3 Å². The van der Waals surface area contributed by atoms with Crippen molar-refractivity contribution in [2.75, 3.05) is 24.4 Å². The van der Waals surface area contributed by atoms with E-state index in [9.17, 15) is 14.4 Å². The highest BCUT2D eigenvalue weighted by molar-refractivity contribution is 6.39. The number of hydrogen-bond acceptors (Lipinski definition) is 6. The second kappa shape index (κ2) is 12.0. The number of carbonyl (C=O) groups excluding carboxylic acids is 3. The molecule has 180 valence electrons. The fraction of sp³-hybridized carbons (Fsp3) is 0.154. The summed E-state index contributed by atoms with van der Waals surface area (Å²) in [5.74, 6) is -1.11. The van der Waals surface area contributed by atoms with E-state index in [0.29, 0.717) is 28.4 Å². The zero-order valence-corrected chi connectivity index (χ0v) is 19.6. The van der Waals surface area contributed by atoms with Crippen molar-refractivity contribution in [3.8, 4) is 11.5 Å². The van der Waals surface area contributed by atoms with Crippen molar-refractivity contribution < 1.29 is 23.9 Å². The number of ether oxygens (including phenoxy) is 2. The van der Waals surface area contributed by atoms with E-state index in [1.165, 1.54) is 13.3 Å². The fourth-order valence-corrected chi connectivity index (χ4v) is 3.18. The standard InChI is InChI=1S/C26H26N4O5/c1-17-12-18(2)14-21(13-17)28-24(31)16-35-23-7-5-4-6-19(23)15-27-30-26(33)25(32)29-20-8-10-22(34-3)11-9-20/h4-15H,16H2,1-3H3,(H,28,31)(H,29,32)(H,30,33)/b27-15-. The molecule has 35 heavy (non-hydrogen) atoms. The minimum absolute atomic E-state index is 0.214. The van der Waals surface area contributed by atoms with Crippen molar-refractivity contribution in [1.29, 1.82) is 0 Å². The lowest BCUT2D eigenvalue weighted by molar-refractivity contribution is -0.136. The number of methoxy groups -OCH3 is 1. The lowest BCUT2D eigenvalue weighted by Crippen LogP contribution is -2.32. The molecule has 0 bridgehead atoms. The number of nitrogens with zero attached hydrogens (tertiary/aromatic N) is 1. The molecule has 9 heteroatoms. The van der Waals surface area contributed by atoms with E-state index < -0.39 is 11.8 Å². The quantitative estimate of drug-likeness (QED) is 0.263. The maximum Gasteiger partial charge on any atom is 0.329 e. The largest absolute Gasteiger partial charge is 0.497 e. The Morgan fingerprint density at radius 2 is 1.54 bits per heavy atom. The molecule has 3 aromatic rings. The number of amides is 3. The van der Waals surface area contributed by atoms with Crippen LogP contribution in [0.25, 0.3) is 0 Å². The Balaban J connectivity index is 1.53. The molecule has 3 amide bonds. The van der Waals surface area contributed by atoms with Crippen LogP contribution >= 0.6 is 0 Å². The first-order chi connectivity index (χ1) is 16.8. The van der Waals surface area contributed by atoms with Crippen LogP contribution in [0.1, 0.15) is 16.7 Å². The van der Waals surface area contributed by atoms with Gasteiger partial charge in [-0.3, -0.25) is 14.4 Å². The summed E-state index contributed by atoms with van der Waals surface area (Å²) in [6.45, 7) is 3.70. The minimum atomic E-state index is -0.941. The molecule has 9 nitrogen and oxygen atoms in total. The van der Waals surface area contributed by atoms with Crippen LogP contribution in [0.5, 0.6) is 11.5 Å². The van der Waals surface area contributed by atoms with Crippen molar-refractivity contribution in [2.24, 2.45) is 5.10 Å². The van der Waals surface area contributed by atoms with Crippen LogP contribution in [0.4, 0.5) is 11.4 Å². The molecule has 0 aromatic heterocycles. The summed E-state index contributed by atoms with van der Waals surface area (Å²) in [4.78, 5) is 36.4. The molecule has 0 aliphatic heterocycles. The summed E-state index contributed by atoms with van der Waals surface area (Å²) in [6.07, 6.45) is 1.33. The highest BCUT2D eigenvalue weighted by atomic mass is 16.5. The van der Waals surface area contributed by atoms with Gasteiger partial charge in [-0.2, -0.15) is 5.10 Å². The van der Waals surface area contributed by atoms with Gasteiger partial charge in [0.15, 0.2) is 6.61 Å². The Morgan fingerprint density at radius 1 is 0.857 bits per heavy atom. The fourth-order valence-electron chi connectivity index (χ4n) is 3.18. The Bertz CT molecular complexity index is 1220. The van der Waals surface area contributed by atoms with Crippen LogP contribution in [-0.2, 0) is 14.4 Å². The number of anilines is 2. The summed E-state index contributed by atoms with van der Waals surface area (Å²) in [6, 6.07) is 19.2. The third-order valence-electron chi connectivity index (χ3n) is 4.71. The van der Waals surface area contributed by atoms with Gasteiger partial charge in [-0.15, -0.1) is 0 Å². The first-order valence-electron chi connectivity index (χ1n) is 10.7. The van der Waals surface area contributed by atoms with Gasteiger partial charge < -0.3 is 20.1 Å². The lowest BCUT2D eigenvalue weighted by atomic mass is 10.1. The second-order valence-corrected chi connectivity index (χ2v) is 7.63. The Morgan fingerprint density at radius 3 is 2.23 bits per heavy atom. The van der Waals surface area contributed by atoms with Gasteiger partial charge in [0.2, 0.25) is 0 Å². The number of aryl methyl sites for hydroxylation is 2. The van der Waals surface area contributed by atoms with Gasteiger partial charge in [-0.25, -0.2) is 5.43 Å². The highest BCUT2D eigenvalue weighted by Gasteiger charge is 2.13. The molecule has 0 saturated heterocycles. The molecule has 0 radical (unpaired) electrons. The molecule has 3 aromatic carbocycles.